The van der Waals surface area contributed by atoms with Gasteiger partial charge in [-0.1, -0.05) is 0 Å². The second-order valence-corrected chi connectivity index (χ2v) is 5.12. The zero-order valence-electron chi connectivity index (χ0n) is 10.4. The lowest BCUT2D eigenvalue weighted by Gasteiger charge is -2.33. The summed E-state index contributed by atoms with van der Waals surface area (Å²) in [7, 11) is 0. The first-order valence-electron chi connectivity index (χ1n) is 6.68. The van der Waals surface area contributed by atoms with E-state index in [0.29, 0.717) is 11.8 Å². The zero-order valence-corrected chi connectivity index (χ0v) is 10.4. The predicted molar refractivity (Wildman–Crippen MR) is 67.2 cm³/mol. The summed E-state index contributed by atoms with van der Waals surface area (Å²) in [5.41, 5.74) is 0. The lowest BCUT2D eigenvalue weighted by molar-refractivity contribution is -0.135. The second-order valence-electron chi connectivity index (χ2n) is 5.12. The maximum atomic E-state index is 12.0. The molecule has 0 N–H and O–H groups in total. The summed E-state index contributed by atoms with van der Waals surface area (Å²) < 4.78 is 5.90. The summed E-state index contributed by atoms with van der Waals surface area (Å²) in [6.45, 7) is 1.63. The number of rotatable bonds is 3. The van der Waals surface area contributed by atoms with E-state index in [1.807, 2.05) is 17.0 Å². The summed E-state index contributed by atoms with van der Waals surface area (Å²) in [6, 6.07) is 3.73. The van der Waals surface area contributed by atoms with Crippen LogP contribution in [-0.2, 0) is 4.79 Å². The highest BCUT2D eigenvalue weighted by molar-refractivity contribution is 5.81. The molecule has 2 fully saturated rings. The number of piperidine rings is 1. The number of likely N-dealkylation sites (tertiary alicyclic amines) is 1. The molecule has 1 amide bonds. The monoisotopic (exact) mass is 246 g/mol. The van der Waals surface area contributed by atoms with Gasteiger partial charge in [0.05, 0.1) is 6.54 Å². The minimum absolute atomic E-state index is 0.129. The van der Waals surface area contributed by atoms with Crippen molar-refractivity contribution in [3.63, 3.8) is 0 Å². The molecule has 0 spiro atoms. The Morgan fingerprint density at radius 1 is 1.28 bits per heavy atom. The van der Waals surface area contributed by atoms with Crippen LogP contribution >= 0.6 is 0 Å². The molecule has 1 aromatic rings. The number of hydrogen-bond donors (Lipinski definition) is 0. The van der Waals surface area contributed by atoms with Crippen LogP contribution in [0.1, 0.15) is 25.7 Å². The van der Waals surface area contributed by atoms with E-state index in [-0.39, 0.29) is 6.10 Å². The summed E-state index contributed by atoms with van der Waals surface area (Å²) in [5.74, 6) is 1.48. The molecular formula is C14H18N2O2. The van der Waals surface area contributed by atoms with Gasteiger partial charge in [0.2, 0.25) is 5.91 Å². The van der Waals surface area contributed by atoms with E-state index in [4.69, 9.17) is 4.74 Å². The van der Waals surface area contributed by atoms with Crippen LogP contribution in [0.4, 0.5) is 0 Å². The number of carbonyl (C=O) groups is 1. The third-order valence-corrected chi connectivity index (χ3v) is 3.57. The van der Waals surface area contributed by atoms with E-state index in [9.17, 15) is 4.79 Å². The van der Waals surface area contributed by atoms with Crippen molar-refractivity contribution in [3.05, 3.63) is 24.5 Å². The Kier molecular flexibility index (Phi) is 3.17. The van der Waals surface area contributed by atoms with Gasteiger partial charge in [0.1, 0.15) is 11.9 Å². The molecule has 1 saturated heterocycles. The SMILES string of the molecule is O=C(C1CC1)N1CCC[C@H](Oc2ccncc2)C1. The lowest BCUT2D eigenvalue weighted by atomic mass is 10.1. The Morgan fingerprint density at radius 2 is 2.06 bits per heavy atom. The van der Waals surface area contributed by atoms with E-state index in [2.05, 4.69) is 4.98 Å². The Balaban J connectivity index is 1.58. The minimum Gasteiger partial charge on any atom is -0.488 e. The van der Waals surface area contributed by atoms with Crippen molar-refractivity contribution >= 4 is 5.91 Å². The average molecular weight is 246 g/mol. The van der Waals surface area contributed by atoms with Crippen molar-refractivity contribution in [2.75, 3.05) is 13.1 Å². The highest BCUT2D eigenvalue weighted by Gasteiger charge is 2.35. The number of hydrogen-bond acceptors (Lipinski definition) is 3. The highest BCUT2D eigenvalue weighted by Crippen LogP contribution is 2.32. The molecule has 1 aliphatic heterocycles. The van der Waals surface area contributed by atoms with E-state index in [0.717, 1.165) is 44.5 Å². The van der Waals surface area contributed by atoms with Crippen molar-refractivity contribution in [1.82, 2.24) is 9.88 Å². The third-order valence-electron chi connectivity index (χ3n) is 3.57. The van der Waals surface area contributed by atoms with Crippen molar-refractivity contribution < 1.29 is 9.53 Å². The van der Waals surface area contributed by atoms with Gasteiger partial charge >= 0.3 is 0 Å². The molecule has 4 heteroatoms. The Bertz CT molecular complexity index is 417. The van der Waals surface area contributed by atoms with E-state index in [1.165, 1.54) is 0 Å². The molecule has 0 radical (unpaired) electrons. The third kappa shape index (κ3) is 2.63. The van der Waals surface area contributed by atoms with Gasteiger partial charge in [-0.15, -0.1) is 0 Å². The first-order valence-corrected chi connectivity index (χ1v) is 6.68. The topological polar surface area (TPSA) is 42.4 Å². The summed E-state index contributed by atoms with van der Waals surface area (Å²) >= 11 is 0. The van der Waals surface area contributed by atoms with Gasteiger partial charge in [0.15, 0.2) is 0 Å². The van der Waals surface area contributed by atoms with Gasteiger partial charge in [-0.05, 0) is 37.8 Å². The molecule has 2 aliphatic rings. The number of amides is 1. The molecular weight excluding hydrogens is 228 g/mol. The van der Waals surface area contributed by atoms with E-state index < -0.39 is 0 Å². The van der Waals surface area contributed by atoms with Crippen molar-refractivity contribution in [2.24, 2.45) is 5.92 Å². The van der Waals surface area contributed by atoms with Crippen LogP contribution in [0, 0.1) is 5.92 Å². The van der Waals surface area contributed by atoms with Crippen LogP contribution in [0.3, 0.4) is 0 Å². The molecule has 4 nitrogen and oxygen atoms in total. The van der Waals surface area contributed by atoms with Crippen LogP contribution in [-0.4, -0.2) is 35.0 Å². The average Bonchev–Trinajstić information content (AvgIpc) is 3.24. The van der Waals surface area contributed by atoms with Crippen LogP contribution in [0.5, 0.6) is 5.75 Å². The largest absolute Gasteiger partial charge is 0.488 e. The first-order chi connectivity index (χ1) is 8.83. The standard InChI is InChI=1S/C14H18N2O2/c17-14(11-3-4-11)16-9-1-2-13(10-16)18-12-5-7-15-8-6-12/h5-8,11,13H,1-4,9-10H2/t13-/m0/s1. The fourth-order valence-corrected chi connectivity index (χ4v) is 2.43. The first kappa shape index (κ1) is 11.5. The molecule has 0 bridgehead atoms. The summed E-state index contributed by atoms with van der Waals surface area (Å²) in [5, 5.41) is 0. The molecule has 0 aromatic carbocycles. The number of ether oxygens (including phenoxy) is 1. The molecule has 18 heavy (non-hydrogen) atoms. The van der Waals surface area contributed by atoms with Gasteiger partial charge in [0.25, 0.3) is 0 Å². The molecule has 2 heterocycles. The fraction of sp³-hybridized carbons (Fsp3) is 0.571. The smallest absolute Gasteiger partial charge is 0.225 e. The number of pyridine rings is 1. The van der Waals surface area contributed by atoms with Crippen LogP contribution in [0.2, 0.25) is 0 Å². The maximum absolute atomic E-state index is 12.0. The normalized spacial score (nSPS) is 23.8. The summed E-state index contributed by atoms with van der Waals surface area (Å²) in [6.07, 6.45) is 7.79. The zero-order chi connectivity index (χ0) is 12.4. The van der Waals surface area contributed by atoms with Crippen molar-refractivity contribution in [2.45, 2.75) is 31.8 Å². The Morgan fingerprint density at radius 3 is 2.78 bits per heavy atom. The van der Waals surface area contributed by atoms with Gasteiger partial charge in [-0.2, -0.15) is 0 Å². The number of aromatic nitrogens is 1. The number of nitrogens with zero attached hydrogens (tertiary/aromatic N) is 2. The fourth-order valence-electron chi connectivity index (χ4n) is 2.43. The van der Waals surface area contributed by atoms with Crippen molar-refractivity contribution in [3.8, 4) is 5.75 Å². The van der Waals surface area contributed by atoms with Gasteiger partial charge in [0, 0.05) is 24.9 Å². The van der Waals surface area contributed by atoms with E-state index >= 15 is 0 Å². The second kappa shape index (κ2) is 4.96. The molecule has 3 rings (SSSR count). The van der Waals surface area contributed by atoms with Crippen LogP contribution in [0.15, 0.2) is 24.5 Å². The van der Waals surface area contributed by atoms with Crippen molar-refractivity contribution in [1.29, 1.82) is 0 Å². The predicted octanol–water partition coefficient (Wildman–Crippen LogP) is 1.86. The maximum Gasteiger partial charge on any atom is 0.225 e. The lowest BCUT2D eigenvalue weighted by Crippen LogP contribution is -2.45. The quantitative estimate of drug-likeness (QED) is 0.817. The van der Waals surface area contributed by atoms with Gasteiger partial charge in [-0.3, -0.25) is 9.78 Å². The molecule has 1 atom stereocenters. The molecule has 1 aromatic heterocycles. The van der Waals surface area contributed by atoms with Gasteiger partial charge < -0.3 is 9.64 Å². The Labute approximate surface area is 107 Å². The van der Waals surface area contributed by atoms with Crippen LogP contribution < -0.4 is 4.74 Å². The van der Waals surface area contributed by atoms with E-state index in [1.54, 1.807) is 12.4 Å². The molecule has 0 unspecified atom stereocenters. The molecule has 96 valence electrons. The molecule has 1 saturated carbocycles. The number of carbonyl (C=O) groups excluding carboxylic acids is 1. The summed E-state index contributed by atoms with van der Waals surface area (Å²) in [4.78, 5) is 18.0. The Hall–Kier alpha value is -1.58. The van der Waals surface area contributed by atoms with Gasteiger partial charge in [-0.25, -0.2) is 0 Å². The molecule has 1 aliphatic carbocycles. The van der Waals surface area contributed by atoms with Crippen LogP contribution in [0.25, 0.3) is 0 Å². The minimum atomic E-state index is 0.129. The highest BCUT2D eigenvalue weighted by atomic mass is 16.5.